The lowest BCUT2D eigenvalue weighted by atomic mass is 10.1. The van der Waals surface area contributed by atoms with Crippen molar-refractivity contribution in [2.45, 2.75) is 18.7 Å². The molecule has 1 aliphatic rings. The number of carbonyl (C=O) groups is 2. The summed E-state index contributed by atoms with van der Waals surface area (Å²) in [7, 11) is -3.56. The van der Waals surface area contributed by atoms with Crippen LogP contribution in [0, 0.1) is 6.92 Å². The third-order valence-electron chi connectivity index (χ3n) is 4.87. The van der Waals surface area contributed by atoms with Crippen LogP contribution in [0.5, 0.6) is 5.75 Å². The van der Waals surface area contributed by atoms with Gasteiger partial charge in [-0.05, 0) is 50.2 Å². The van der Waals surface area contributed by atoms with Crippen LogP contribution in [-0.2, 0) is 14.8 Å². The van der Waals surface area contributed by atoms with Crippen LogP contribution in [0.1, 0.15) is 22.8 Å². The quantitative estimate of drug-likeness (QED) is 0.674. The van der Waals surface area contributed by atoms with Crippen LogP contribution < -0.4 is 4.74 Å². The molecule has 0 aliphatic carbocycles. The maximum atomic E-state index is 12.7. The number of hydrogen-bond acceptors (Lipinski definition) is 5. The Kier molecular flexibility index (Phi) is 6.34. The third-order valence-corrected chi connectivity index (χ3v) is 6.79. The van der Waals surface area contributed by atoms with Gasteiger partial charge >= 0.3 is 0 Å². The molecule has 7 nitrogen and oxygen atoms in total. The number of nitrogens with zero attached hydrogens (tertiary/aromatic N) is 2. The Labute approximate surface area is 170 Å². The van der Waals surface area contributed by atoms with E-state index >= 15 is 0 Å². The Morgan fingerprint density at radius 3 is 2.07 bits per heavy atom. The van der Waals surface area contributed by atoms with E-state index in [0.29, 0.717) is 24.4 Å². The molecule has 0 bridgehead atoms. The van der Waals surface area contributed by atoms with Crippen LogP contribution in [0.4, 0.5) is 0 Å². The average molecular weight is 416 g/mol. The molecule has 3 rings (SSSR count). The minimum atomic E-state index is -3.56. The Hall–Kier alpha value is -2.71. The predicted molar refractivity (Wildman–Crippen MR) is 108 cm³/mol. The molecule has 1 fully saturated rings. The van der Waals surface area contributed by atoms with E-state index in [0.717, 1.165) is 5.56 Å². The number of rotatable bonds is 6. The Balaban J connectivity index is 1.52. The largest absolute Gasteiger partial charge is 0.484 e. The van der Waals surface area contributed by atoms with E-state index in [2.05, 4.69) is 0 Å². The SMILES string of the molecule is CC(=O)c1ccc(OCC(=O)N2CCN(S(=O)(=O)c3ccc(C)cc3)CC2)cc1. The summed E-state index contributed by atoms with van der Waals surface area (Å²) in [5.41, 5.74) is 1.57. The summed E-state index contributed by atoms with van der Waals surface area (Å²) in [5, 5.41) is 0. The van der Waals surface area contributed by atoms with Crippen molar-refractivity contribution in [3.05, 3.63) is 59.7 Å². The van der Waals surface area contributed by atoms with E-state index in [-0.39, 0.29) is 36.3 Å². The van der Waals surface area contributed by atoms with Crippen LogP contribution in [0.2, 0.25) is 0 Å². The Morgan fingerprint density at radius 2 is 1.52 bits per heavy atom. The van der Waals surface area contributed by atoms with Gasteiger partial charge in [0.2, 0.25) is 10.0 Å². The molecular formula is C21H24N2O5S. The highest BCUT2D eigenvalue weighted by Crippen LogP contribution is 2.18. The van der Waals surface area contributed by atoms with Gasteiger partial charge in [0.05, 0.1) is 4.90 Å². The molecule has 29 heavy (non-hydrogen) atoms. The number of carbonyl (C=O) groups excluding carboxylic acids is 2. The van der Waals surface area contributed by atoms with Gasteiger partial charge < -0.3 is 9.64 Å². The molecule has 1 heterocycles. The van der Waals surface area contributed by atoms with Crippen LogP contribution >= 0.6 is 0 Å². The molecule has 2 aromatic rings. The van der Waals surface area contributed by atoms with E-state index in [1.807, 2.05) is 6.92 Å². The number of hydrogen-bond donors (Lipinski definition) is 0. The molecule has 0 radical (unpaired) electrons. The van der Waals surface area contributed by atoms with E-state index < -0.39 is 10.0 Å². The van der Waals surface area contributed by atoms with Crippen molar-refractivity contribution < 1.29 is 22.7 Å². The topological polar surface area (TPSA) is 84.0 Å². The fourth-order valence-electron chi connectivity index (χ4n) is 3.06. The first kappa shape index (κ1) is 21.0. The second-order valence-electron chi connectivity index (χ2n) is 6.97. The average Bonchev–Trinajstić information content (AvgIpc) is 2.72. The van der Waals surface area contributed by atoms with Crippen molar-refractivity contribution in [1.29, 1.82) is 0 Å². The molecule has 0 atom stereocenters. The molecule has 0 unspecified atom stereocenters. The number of sulfonamides is 1. The number of benzene rings is 2. The zero-order chi connectivity index (χ0) is 21.0. The second-order valence-corrected chi connectivity index (χ2v) is 8.91. The van der Waals surface area contributed by atoms with Crippen molar-refractivity contribution in [2.24, 2.45) is 0 Å². The van der Waals surface area contributed by atoms with Gasteiger partial charge in [-0.25, -0.2) is 8.42 Å². The van der Waals surface area contributed by atoms with Gasteiger partial charge in [-0.15, -0.1) is 0 Å². The molecule has 0 N–H and O–H groups in total. The highest BCUT2D eigenvalue weighted by Gasteiger charge is 2.30. The highest BCUT2D eigenvalue weighted by atomic mass is 32.2. The van der Waals surface area contributed by atoms with Gasteiger partial charge in [-0.2, -0.15) is 4.31 Å². The zero-order valence-corrected chi connectivity index (χ0v) is 17.3. The number of ether oxygens (including phenoxy) is 1. The predicted octanol–water partition coefficient (Wildman–Crippen LogP) is 2.11. The lowest BCUT2D eigenvalue weighted by Crippen LogP contribution is -2.51. The van der Waals surface area contributed by atoms with Crippen LogP contribution in [0.3, 0.4) is 0 Å². The molecule has 0 aromatic heterocycles. The molecular weight excluding hydrogens is 392 g/mol. The normalized spacial score (nSPS) is 15.2. The van der Waals surface area contributed by atoms with Crippen molar-refractivity contribution >= 4 is 21.7 Å². The number of aryl methyl sites for hydroxylation is 1. The fraction of sp³-hybridized carbons (Fsp3) is 0.333. The van der Waals surface area contributed by atoms with Gasteiger partial charge in [-0.3, -0.25) is 9.59 Å². The third kappa shape index (κ3) is 5.02. The maximum Gasteiger partial charge on any atom is 0.260 e. The standard InChI is InChI=1S/C21H24N2O5S/c1-16-3-9-20(10-4-16)29(26,27)23-13-11-22(12-14-23)21(25)15-28-19-7-5-18(6-8-19)17(2)24/h3-10H,11-15H2,1-2H3. The van der Waals surface area contributed by atoms with Gasteiger partial charge in [-0.1, -0.05) is 17.7 Å². The van der Waals surface area contributed by atoms with E-state index in [4.69, 9.17) is 4.74 Å². The lowest BCUT2D eigenvalue weighted by molar-refractivity contribution is -0.134. The lowest BCUT2D eigenvalue weighted by Gasteiger charge is -2.34. The van der Waals surface area contributed by atoms with E-state index in [9.17, 15) is 18.0 Å². The molecule has 0 spiro atoms. The second kappa shape index (κ2) is 8.75. The van der Waals surface area contributed by atoms with Crippen molar-refractivity contribution in [1.82, 2.24) is 9.21 Å². The number of amides is 1. The fourth-order valence-corrected chi connectivity index (χ4v) is 4.48. The number of ketones is 1. The summed E-state index contributed by atoms with van der Waals surface area (Å²) in [6.07, 6.45) is 0. The summed E-state index contributed by atoms with van der Waals surface area (Å²) < 4.78 is 32.4. The monoisotopic (exact) mass is 416 g/mol. The molecule has 8 heteroatoms. The first-order valence-electron chi connectivity index (χ1n) is 9.36. The Bertz CT molecular complexity index is 977. The van der Waals surface area contributed by atoms with Crippen LogP contribution in [-0.4, -0.2) is 62.1 Å². The first-order chi connectivity index (χ1) is 13.8. The number of Topliss-reactive ketones (excluding diaryl/α,β-unsaturated/α-hetero) is 1. The minimum Gasteiger partial charge on any atom is -0.484 e. The van der Waals surface area contributed by atoms with Crippen molar-refractivity contribution in [3.63, 3.8) is 0 Å². The summed E-state index contributed by atoms with van der Waals surface area (Å²) in [5.74, 6) is 0.267. The first-order valence-corrected chi connectivity index (χ1v) is 10.8. The Morgan fingerprint density at radius 1 is 0.931 bits per heavy atom. The molecule has 1 aliphatic heterocycles. The molecule has 2 aromatic carbocycles. The molecule has 154 valence electrons. The minimum absolute atomic E-state index is 0.0360. The molecule has 1 amide bonds. The van der Waals surface area contributed by atoms with Gasteiger partial charge in [0.15, 0.2) is 12.4 Å². The zero-order valence-electron chi connectivity index (χ0n) is 16.5. The van der Waals surface area contributed by atoms with E-state index in [1.54, 1.807) is 53.4 Å². The highest BCUT2D eigenvalue weighted by molar-refractivity contribution is 7.89. The smallest absolute Gasteiger partial charge is 0.260 e. The number of piperazine rings is 1. The molecule has 1 saturated heterocycles. The maximum absolute atomic E-state index is 12.7. The summed E-state index contributed by atoms with van der Waals surface area (Å²) in [4.78, 5) is 25.5. The summed E-state index contributed by atoms with van der Waals surface area (Å²) in [6.45, 7) is 4.38. The van der Waals surface area contributed by atoms with Crippen LogP contribution in [0.15, 0.2) is 53.4 Å². The summed E-state index contributed by atoms with van der Waals surface area (Å²) >= 11 is 0. The van der Waals surface area contributed by atoms with Gasteiger partial charge in [0.25, 0.3) is 5.91 Å². The van der Waals surface area contributed by atoms with Crippen LogP contribution in [0.25, 0.3) is 0 Å². The van der Waals surface area contributed by atoms with Crippen molar-refractivity contribution in [3.8, 4) is 5.75 Å². The molecule has 0 saturated carbocycles. The van der Waals surface area contributed by atoms with Crippen molar-refractivity contribution in [2.75, 3.05) is 32.8 Å². The van der Waals surface area contributed by atoms with Gasteiger partial charge in [0.1, 0.15) is 5.75 Å². The van der Waals surface area contributed by atoms with Gasteiger partial charge in [0, 0.05) is 31.7 Å². The summed E-state index contributed by atoms with van der Waals surface area (Å²) in [6, 6.07) is 13.3. The van der Waals surface area contributed by atoms with E-state index in [1.165, 1.54) is 11.2 Å².